The third-order valence-corrected chi connectivity index (χ3v) is 7.35. The highest BCUT2D eigenvalue weighted by atomic mass is 16.5. The number of benzene rings is 4. The summed E-state index contributed by atoms with van der Waals surface area (Å²) in [7, 11) is 7.92. The van der Waals surface area contributed by atoms with Gasteiger partial charge in [-0.1, -0.05) is 42.5 Å². The summed E-state index contributed by atoms with van der Waals surface area (Å²) in [6, 6.07) is 31.4. The summed E-state index contributed by atoms with van der Waals surface area (Å²) < 4.78 is 12.6. The topological polar surface area (TPSA) is 37.3 Å². The number of hydrogen-bond donors (Lipinski definition) is 0. The number of anilines is 2. The predicted octanol–water partition coefficient (Wildman–Crippen LogP) is 6.93. The second kappa shape index (κ2) is 10.3. The molecule has 5 rings (SSSR count). The van der Waals surface area contributed by atoms with Crippen LogP contribution in [0.5, 0.6) is 5.75 Å². The van der Waals surface area contributed by atoms with Crippen LogP contribution in [0.3, 0.4) is 0 Å². The molecule has 1 heterocycles. The average molecular weight is 506 g/mol. The number of hydrogen-bond acceptors (Lipinski definition) is 5. The molecule has 5 heteroatoms. The lowest BCUT2D eigenvalue weighted by atomic mass is 9.77. The van der Waals surface area contributed by atoms with Crippen LogP contribution in [0, 0.1) is 6.92 Å². The van der Waals surface area contributed by atoms with E-state index in [4.69, 9.17) is 14.5 Å². The number of aliphatic imine (C=N–C) groups is 1. The van der Waals surface area contributed by atoms with E-state index in [1.165, 1.54) is 0 Å². The first-order chi connectivity index (χ1) is 18.4. The van der Waals surface area contributed by atoms with E-state index < -0.39 is 5.60 Å². The molecule has 194 valence electrons. The number of fused-ring (bicyclic) bond motifs is 1. The molecular weight excluding hydrogens is 470 g/mol. The zero-order valence-electron chi connectivity index (χ0n) is 23.0. The number of nitrogens with zero attached hydrogens (tertiary/aromatic N) is 3. The molecule has 0 spiro atoms. The Labute approximate surface area is 226 Å². The van der Waals surface area contributed by atoms with Crippen molar-refractivity contribution >= 4 is 23.0 Å². The Balaban J connectivity index is 1.82. The smallest absolute Gasteiger partial charge is 0.222 e. The molecule has 0 saturated heterocycles. The maximum Gasteiger partial charge on any atom is 0.222 e. The van der Waals surface area contributed by atoms with Crippen LogP contribution in [-0.2, 0) is 10.3 Å². The highest BCUT2D eigenvalue weighted by molar-refractivity contribution is 5.98. The Morgan fingerprint density at radius 3 is 2.05 bits per heavy atom. The largest absolute Gasteiger partial charge is 0.497 e. The molecule has 0 fully saturated rings. The Kier molecular flexibility index (Phi) is 6.85. The Morgan fingerprint density at radius 1 is 0.842 bits per heavy atom. The first-order valence-corrected chi connectivity index (χ1v) is 13.0. The summed E-state index contributed by atoms with van der Waals surface area (Å²) in [6.45, 7) is 5.23. The molecule has 0 aromatic heterocycles. The van der Waals surface area contributed by atoms with Gasteiger partial charge in [0.25, 0.3) is 0 Å². The zero-order chi connectivity index (χ0) is 26.9. The fraction of sp³-hybridized carbons (Fsp3) is 0.242. The molecule has 4 aromatic rings. The third-order valence-electron chi connectivity index (χ3n) is 7.35. The monoisotopic (exact) mass is 505 g/mol. The molecule has 1 atom stereocenters. The molecule has 0 bridgehead atoms. The molecule has 1 unspecified atom stereocenters. The molecular formula is C33H35N3O2. The van der Waals surface area contributed by atoms with Gasteiger partial charge in [-0.15, -0.1) is 0 Å². The van der Waals surface area contributed by atoms with E-state index in [1.54, 1.807) is 7.11 Å². The van der Waals surface area contributed by atoms with E-state index >= 15 is 0 Å². The summed E-state index contributed by atoms with van der Waals surface area (Å²) in [4.78, 5) is 9.43. The SMILES string of the molecule is CCN(C)c1ccc(C2(c3ccc(OC)cc3)OC(c3ccccc3)=Nc3cc(N(C)C)c(C)cc32)cc1. The molecule has 0 N–H and O–H groups in total. The van der Waals surface area contributed by atoms with E-state index in [2.05, 4.69) is 93.3 Å². The maximum absolute atomic E-state index is 7.10. The molecule has 0 radical (unpaired) electrons. The normalized spacial score (nSPS) is 16.2. The molecule has 1 aliphatic rings. The van der Waals surface area contributed by atoms with Gasteiger partial charge in [0.05, 0.1) is 12.8 Å². The third kappa shape index (κ3) is 4.38. The van der Waals surface area contributed by atoms with Crippen LogP contribution in [0.15, 0.2) is 96.0 Å². The quantitative estimate of drug-likeness (QED) is 0.273. The Hall–Kier alpha value is -4.25. The van der Waals surface area contributed by atoms with E-state index in [9.17, 15) is 0 Å². The van der Waals surface area contributed by atoms with E-state index in [-0.39, 0.29) is 0 Å². The van der Waals surface area contributed by atoms with Crippen LogP contribution in [0.2, 0.25) is 0 Å². The van der Waals surface area contributed by atoms with Crippen molar-refractivity contribution in [2.45, 2.75) is 19.4 Å². The molecule has 1 aliphatic heterocycles. The standard InChI is InChI=1S/C33H35N3O2/c1-7-36(5)27-17-13-25(14-18-27)33(26-15-19-28(37-6)20-16-26)29-21-23(2)31(35(3)4)22-30(29)34-32(38-33)24-11-9-8-10-12-24/h8-22H,7H2,1-6H3. The van der Waals surface area contributed by atoms with Crippen molar-refractivity contribution in [2.75, 3.05) is 44.6 Å². The first-order valence-electron chi connectivity index (χ1n) is 13.0. The van der Waals surface area contributed by atoms with Crippen molar-refractivity contribution in [3.63, 3.8) is 0 Å². The average Bonchev–Trinajstić information content (AvgIpc) is 2.96. The Morgan fingerprint density at radius 2 is 1.47 bits per heavy atom. The maximum atomic E-state index is 7.10. The second-order valence-electron chi connectivity index (χ2n) is 9.91. The highest BCUT2D eigenvalue weighted by Crippen LogP contribution is 2.50. The molecule has 0 saturated carbocycles. The number of rotatable bonds is 7. The van der Waals surface area contributed by atoms with E-state index in [0.717, 1.165) is 57.2 Å². The molecule has 5 nitrogen and oxygen atoms in total. The fourth-order valence-electron chi connectivity index (χ4n) is 5.13. The fourth-order valence-corrected chi connectivity index (χ4v) is 5.13. The van der Waals surface area contributed by atoms with Crippen molar-refractivity contribution < 1.29 is 9.47 Å². The first kappa shape index (κ1) is 25.4. The van der Waals surface area contributed by atoms with Crippen LogP contribution in [0.1, 0.15) is 34.7 Å². The molecule has 0 aliphatic carbocycles. The van der Waals surface area contributed by atoms with Crippen LogP contribution >= 0.6 is 0 Å². The summed E-state index contributed by atoms with van der Waals surface area (Å²) in [5.74, 6) is 1.40. The summed E-state index contributed by atoms with van der Waals surface area (Å²) >= 11 is 0. The van der Waals surface area contributed by atoms with Crippen LogP contribution in [0.4, 0.5) is 17.1 Å². The lowest BCUT2D eigenvalue weighted by Gasteiger charge is -2.40. The molecule has 4 aromatic carbocycles. The van der Waals surface area contributed by atoms with Gasteiger partial charge < -0.3 is 19.3 Å². The number of ether oxygens (including phenoxy) is 2. The summed E-state index contributed by atoms with van der Waals surface area (Å²) in [6.07, 6.45) is 0. The van der Waals surface area contributed by atoms with E-state index in [1.807, 2.05) is 42.5 Å². The summed E-state index contributed by atoms with van der Waals surface area (Å²) in [5, 5.41) is 0. The van der Waals surface area contributed by atoms with Gasteiger partial charge in [0, 0.05) is 61.3 Å². The van der Waals surface area contributed by atoms with Gasteiger partial charge >= 0.3 is 0 Å². The second-order valence-corrected chi connectivity index (χ2v) is 9.91. The number of methoxy groups -OCH3 is 1. The van der Waals surface area contributed by atoms with Crippen molar-refractivity contribution in [1.82, 2.24) is 0 Å². The number of aryl methyl sites for hydroxylation is 1. The van der Waals surface area contributed by atoms with Gasteiger partial charge in [-0.25, -0.2) is 4.99 Å². The zero-order valence-corrected chi connectivity index (χ0v) is 23.0. The van der Waals surface area contributed by atoms with Gasteiger partial charge in [-0.2, -0.15) is 0 Å². The van der Waals surface area contributed by atoms with Gasteiger partial charge in [0.2, 0.25) is 5.90 Å². The minimum absolute atomic E-state index is 0.595. The van der Waals surface area contributed by atoms with Crippen LogP contribution < -0.4 is 14.5 Å². The van der Waals surface area contributed by atoms with Crippen molar-refractivity contribution in [2.24, 2.45) is 4.99 Å². The lowest BCUT2D eigenvalue weighted by Crippen LogP contribution is -2.38. The van der Waals surface area contributed by atoms with E-state index in [0.29, 0.717) is 5.90 Å². The minimum atomic E-state index is -0.909. The van der Waals surface area contributed by atoms with Crippen molar-refractivity contribution in [1.29, 1.82) is 0 Å². The molecule has 38 heavy (non-hydrogen) atoms. The van der Waals surface area contributed by atoms with Gasteiger partial charge in [0.1, 0.15) is 5.75 Å². The predicted molar refractivity (Wildman–Crippen MR) is 157 cm³/mol. The lowest BCUT2D eigenvalue weighted by molar-refractivity contribution is 0.137. The van der Waals surface area contributed by atoms with Gasteiger partial charge in [-0.3, -0.25) is 0 Å². The van der Waals surface area contributed by atoms with Crippen LogP contribution in [-0.4, -0.2) is 40.7 Å². The van der Waals surface area contributed by atoms with Gasteiger partial charge in [-0.05, 0) is 67.9 Å². The highest BCUT2D eigenvalue weighted by Gasteiger charge is 2.45. The van der Waals surface area contributed by atoms with Crippen LogP contribution in [0.25, 0.3) is 0 Å². The van der Waals surface area contributed by atoms with Crippen molar-refractivity contribution in [3.05, 3.63) is 119 Å². The summed E-state index contributed by atoms with van der Waals surface area (Å²) in [5.41, 5.74) is 7.44. The van der Waals surface area contributed by atoms with Gasteiger partial charge in [0.15, 0.2) is 5.60 Å². The Bertz CT molecular complexity index is 1440. The van der Waals surface area contributed by atoms with Crippen molar-refractivity contribution in [3.8, 4) is 5.75 Å². The minimum Gasteiger partial charge on any atom is -0.497 e. The molecule has 0 amide bonds.